The van der Waals surface area contributed by atoms with Gasteiger partial charge in [-0.05, 0) is 53.6 Å². The quantitative estimate of drug-likeness (QED) is 0.134. The molecule has 0 bridgehead atoms. The molecule has 40 heavy (non-hydrogen) atoms. The molecule has 7 nitrogen and oxygen atoms in total. The second-order valence-corrected chi connectivity index (χ2v) is 9.93. The van der Waals surface area contributed by atoms with E-state index in [2.05, 4.69) is 24.3 Å². The summed E-state index contributed by atoms with van der Waals surface area (Å²) in [5.41, 5.74) is 2.85. The van der Waals surface area contributed by atoms with Gasteiger partial charge in [0.1, 0.15) is 0 Å². The van der Waals surface area contributed by atoms with Crippen molar-refractivity contribution >= 4 is 51.5 Å². The smallest absolute Gasteiger partial charge is 0.308 e. The van der Waals surface area contributed by atoms with E-state index in [1.807, 2.05) is 0 Å². The molecule has 6 rings (SSSR count). The molecule has 0 fully saturated rings. The van der Waals surface area contributed by atoms with Gasteiger partial charge in [-0.15, -0.1) is 0 Å². The predicted molar refractivity (Wildman–Crippen MR) is 154 cm³/mol. The second kappa shape index (κ2) is 11.1. The van der Waals surface area contributed by atoms with Gasteiger partial charge in [-0.1, -0.05) is 59.1 Å². The Labute approximate surface area is 243 Å². The topological polar surface area (TPSA) is 105 Å². The maximum atomic E-state index is 12.0. The van der Waals surface area contributed by atoms with Gasteiger partial charge in [0.05, 0.1) is 0 Å². The molecule has 0 unspecified atom stereocenters. The number of aromatic hydroxyl groups is 3. The van der Waals surface area contributed by atoms with Crippen LogP contribution in [-0.2, 0) is 4.79 Å². The van der Waals surface area contributed by atoms with Crippen LogP contribution in [0, 0.1) is 0 Å². The first-order valence-corrected chi connectivity index (χ1v) is 12.8. The number of fused-ring (bicyclic) bond motifs is 2. The van der Waals surface area contributed by atoms with Gasteiger partial charge in [0.15, 0.2) is 34.5 Å². The Morgan fingerprint density at radius 1 is 0.600 bits per heavy atom. The first-order valence-electron chi connectivity index (χ1n) is 11.7. The van der Waals surface area contributed by atoms with Crippen molar-refractivity contribution < 1.29 is 34.3 Å². The zero-order chi connectivity index (χ0) is 28.6. The molecule has 10 heteroatoms. The number of phenols is 3. The first kappa shape index (κ1) is 27.3. The molecule has 4 aromatic carbocycles. The van der Waals surface area contributed by atoms with Gasteiger partial charge in [0.25, 0.3) is 0 Å². The van der Waals surface area contributed by atoms with Crippen LogP contribution in [0.1, 0.15) is 6.92 Å². The average molecular weight is 598 g/mol. The molecule has 0 saturated carbocycles. The normalized spacial score (nSPS) is 10.9. The van der Waals surface area contributed by atoms with Gasteiger partial charge < -0.3 is 29.5 Å². The van der Waals surface area contributed by atoms with Gasteiger partial charge in [-0.25, -0.2) is 0 Å². The SMILES string of the molecule is CC(=O)Oc1c(Oc2ccc(Cl)cc2O)c(Oc2ccc(Cl)cc2O)c(O)c2ccc(Cl)cc12.c1cc2ccc1-2. The van der Waals surface area contributed by atoms with Gasteiger partial charge >= 0.3 is 5.97 Å². The van der Waals surface area contributed by atoms with Crippen LogP contribution in [0.5, 0.6) is 46.0 Å². The summed E-state index contributed by atoms with van der Waals surface area (Å²) in [6, 6.07) is 21.1. The highest BCUT2D eigenvalue weighted by molar-refractivity contribution is 6.32. The Morgan fingerprint density at radius 3 is 1.52 bits per heavy atom. The fourth-order valence-corrected chi connectivity index (χ4v) is 4.34. The summed E-state index contributed by atoms with van der Waals surface area (Å²) in [4.78, 5) is 12.0. The van der Waals surface area contributed by atoms with E-state index >= 15 is 0 Å². The lowest BCUT2D eigenvalue weighted by atomic mass is 9.95. The van der Waals surface area contributed by atoms with Crippen molar-refractivity contribution in [3.8, 4) is 57.1 Å². The molecule has 2 aliphatic carbocycles. The van der Waals surface area contributed by atoms with E-state index in [0.717, 1.165) is 0 Å². The van der Waals surface area contributed by atoms with E-state index in [1.165, 1.54) is 72.6 Å². The maximum Gasteiger partial charge on any atom is 0.308 e. The Morgan fingerprint density at radius 2 is 1.07 bits per heavy atom. The van der Waals surface area contributed by atoms with E-state index < -0.39 is 11.7 Å². The third-order valence-corrected chi connectivity index (χ3v) is 6.54. The maximum absolute atomic E-state index is 12.0. The minimum atomic E-state index is -0.697. The van der Waals surface area contributed by atoms with Crippen LogP contribution in [0.4, 0.5) is 0 Å². The highest BCUT2D eigenvalue weighted by Gasteiger charge is 2.27. The third kappa shape index (κ3) is 5.53. The number of ether oxygens (including phenoxy) is 3. The van der Waals surface area contributed by atoms with E-state index in [1.54, 1.807) is 0 Å². The number of carbonyl (C=O) groups is 1. The lowest BCUT2D eigenvalue weighted by molar-refractivity contribution is -0.131. The van der Waals surface area contributed by atoms with E-state index in [9.17, 15) is 20.1 Å². The number of benzene rings is 5. The van der Waals surface area contributed by atoms with E-state index in [4.69, 9.17) is 49.0 Å². The molecule has 202 valence electrons. The van der Waals surface area contributed by atoms with Crippen molar-refractivity contribution in [1.82, 2.24) is 0 Å². The minimum Gasteiger partial charge on any atom is -0.504 e. The van der Waals surface area contributed by atoms with Crippen molar-refractivity contribution in [1.29, 1.82) is 0 Å². The molecule has 0 aliphatic heterocycles. The van der Waals surface area contributed by atoms with Crippen molar-refractivity contribution in [3.63, 3.8) is 0 Å². The van der Waals surface area contributed by atoms with Crippen molar-refractivity contribution in [2.75, 3.05) is 0 Å². The van der Waals surface area contributed by atoms with Gasteiger partial charge in [0.2, 0.25) is 11.5 Å². The highest BCUT2D eigenvalue weighted by atomic mass is 35.5. The van der Waals surface area contributed by atoms with Crippen LogP contribution in [0.3, 0.4) is 0 Å². The third-order valence-electron chi connectivity index (χ3n) is 5.84. The number of rotatable bonds is 5. The monoisotopic (exact) mass is 596 g/mol. The molecule has 4 aromatic rings. The van der Waals surface area contributed by atoms with Gasteiger partial charge in [-0.3, -0.25) is 4.79 Å². The summed E-state index contributed by atoms with van der Waals surface area (Å²) in [5.74, 6) is -2.62. The lowest BCUT2D eigenvalue weighted by Gasteiger charge is -2.20. The molecule has 0 saturated heterocycles. The van der Waals surface area contributed by atoms with Crippen molar-refractivity contribution in [3.05, 3.63) is 93.9 Å². The zero-order valence-electron chi connectivity index (χ0n) is 20.6. The van der Waals surface area contributed by atoms with E-state index in [0.29, 0.717) is 5.02 Å². The van der Waals surface area contributed by atoms with Gasteiger partial charge in [0, 0.05) is 44.9 Å². The average Bonchev–Trinajstić information content (AvgIpc) is 2.88. The molecule has 0 radical (unpaired) electrons. The molecule has 0 heterocycles. The predicted octanol–water partition coefficient (Wildman–Crippen LogP) is 9.09. The molecule has 0 aromatic heterocycles. The Balaban J connectivity index is 0.000000467. The van der Waals surface area contributed by atoms with Crippen molar-refractivity contribution in [2.24, 2.45) is 0 Å². The second-order valence-electron chi connectivity index (χ2n) is 8.63. The van der Waals surface area contributed by atoms with Gasteiger partial charge in [-0.2, -0.15) is 0 Å². The summed E-state index contributed by atoms with van der Waals surface area (Å²) in [6.45, 7) is 1.18. The summed E-state index contributed by atoms with van der Waals surface area (Å²) in [6.07, 6.45) is 0. The molecule has 0 atom stereocenters. The minimum absolute atomic E-state index is 0.0769. The molecule has 0 amide bonds. The van der Waals surface area contributed by atoms with Crippen molar-refractivity contribution in [2.45, 2.75) is 6.92 Å². The number of hydrogen-bond acceptors (Lipinski definition) is 7. The number of carbonyl (C=O) groups excluding carboxylic acids is 1. The van der Waals surface area contributed by atoms with Crippen LogP contribution >= 0.6 is 34.8 Å². The first-order chi connectivity index (χ1) is 19.1. The molecular formula is C30H19Cl3O7. The lowest BCUT2D eigenvalue weighted by Crippen LogP contribution is -2.05. The molecule has 3 N–H and O–H groups in total. The highest BCUT2D eigenvalue weighted by Crippen LogP contribution is 2.55. The Kier molecular flexibility index (Phi) is 7.54. The van der Waals surface area contributed by atoms with E-state index in [-0.39, 0.29) is 61.1 Å². The van der Waals surface area contributed by atoms with Crippen LogP contribution < -0.4 is 14.2 Å². The zero-order valence-corrected chi connectivity index (χ0v) is 22.9. The summed E-state index contributed by atoms with van der Waals surface area (Å²) >= 11 is 17.9. The number of esters is 1. The standard InChI is InChI=1S/C24H15Cl3O7.C6H4/c1-11(28)32-22-16-8-12(25)2-5-15(16)21(31)23(33-19-6-3-13(26)9-17(19)29)24(22)34-20-7-4-14(27)10-18(20)30;1-2-6-4-3-5(1)6/h2-10,29-31H,1H3;1-4H. The summed E-state index contributed by atoms with van der Waals surface area (Å²) in [5, 5.41) is 32.9. The Hall–Kier alpha value is -4.30. The fourth-order valence-electron chi connectivity index (χ4n) is 3.83. The van der Waals surface area contributed by atoms with Crippen LogP contribution in [0.2, 0.25) is 15.1 Å². The summed E-state index contributed by atoms with van der Waals surface area (Å²) < 4.78 is 17.1. The largest absolute Gasteiger partial charge is 0.504 e. The summed E-state index contributed by atoms with van der Waals surface area (Å²) in [7, 11) is 0. The van der Waals surface area contributed by atoms with Crippen LogP contribution in [0.15, 0.2) is 78.9 Å². The number of halogens is 3. The molecule has 2 aliphatic rings. The van der Waals surface area contributed by atoms with Crippen LogP contribution in [-0.4, -0.2) is 21.3 Å². The molecule has 0 spiro atoms. The van der Waals surface area contributed by atoms with Crippen LogP contribution in [0.25, 0.3) is 21.9 Å². The fraction of sp³-hybridized carbons (Fsp3) is 0.0333. The molecular weight excluding hydrogens is 579 g/mol. The Bertz CT molecular complexity index is 1750. The number of phenolic OH excluding ortho intramolecular Hbond substituents is 3. The number of hydrogen-bond donors (Lipinski definition) is 3.